The van der Waals surface area contributed by atoms with E-state index < -0.39 is 17.6 Å². The number of ether oxygens (including phenoxy) is 1. The fourth-order valence-corrected chi connectivity index (χ4v) is 3.02. The zero-order valence-corrected chi connectivity index (χ0v) is 14.4. The summed E-state index contributed by atoms with van der Waals surface area (Å²) in [5.74, 6) is -1.01. The number of hydrogen-bond donors (Lipinski definition) is 0. The molecule has 7 heteroatoms. The second kappa shape index (κ2) is 6.38. The highest BCUT2D eigenvalue weighted by Gasteiger charge is 2.37. The molecule has 1 aromatic heterocycles. The van der Waals surface area contributed by atoms with Crippen molar-refractivity contribution >= 4 is 34.3 Å². The number of hydrogen-bond acceptors (Lipinski definition) is 5. The summed E-state index contributed by atoms with van der Waals surface area (Å²) in [6, 6.07) is 3.88. The molecule has 2 aromatic rings. The number of rotatable bonds is 5. The van der Waals surface area contributed by atoms with Crippen molar-refractivity contribution in [3.05, 3.63) is 50.2 Å². The van der Waals surface area contributed by atoms with Crippen LogP contribution in [0.15, 0.2) is 22.7 Å². The van der Waals surface area contributed by atoms with Crippen LogP contribution in [0.3, 0.4) is 0 Å². The number of ketones is 1. The summed E-state index contributed by atoms with van der Waals surface area (Å²) in [5, 5.41) is 3.74. The van der Waals surface area contributed by atoms with Crippen molar-refractivity contribution < 1.29 is 23.2 Å². The number of aromatic nitrogens is 1. The lowest BCUT2D eigenvalue weighted by Crippen LogP contribution is -2.14. The summed E-state index contributed by atoms with van der Waals surface area (Å²) in [7, 11) is 0. The normalized spacial score (nSPS) is 13.9. The first-order valence-corrected chi connectivity index (χ1v) is 8.27. The van der Waals surface area contributed by atoms with Gasteiger partial charge in [0.1, 0.15) is 11.4 Å². The molecule has 0 bridgehead atoms. The molecule has 5 nitrogen and oxygen atoms in total. The van der Waals surface area contributed by atoms with Crippen LogP contribution >= 0.6 is 22.6 Å². The zero-order chi connectivity index (χ0) is 16.6. The maximum absolute atomic E-state index is 13.3. The van der Waals surface area contributed by atoms with Crippen LogP contribution in [-0.2, 0) is 4.74 Å². The third kappa shape index (κ3) is 3.15. The minimum absolute atomic E-state index is 0.0998. The van der Waals surface area contributed by atoms with Gasteiger partial charge in [-0.2, -0.15) is 0 Å². The van der Waals surface area contributed by atoms with Gasteiger partial charge in [-0.1, -0.05) is 5.16 Å². The topological polar surface area (TPSA) is 69.4 Å². The lowest BCUT2D eigenvalue weighted by molar-refractivity contribution is 0.0512. The van der Waals surface area contributed by atoms with Crippen molar-refractivity contribution in [3.8, 4) is 0 Å². The van der Waals surface area contributed by atoms with Crippen LogP contribution in [0.25, 0.3) is 0 Å². The van der Waals surface area contributed by atoms with E-state index in [0.29, 0.717) is 14.9 Å². The van der Waals surface area contributed by atoms with Gasteiger partial charge in [-0.25, -0.2) is 9.18 Å². The maximum Gasteiger partial charge on any atom is 0.361 e. The molecule has 1 aliphatic rings. The van der Waals surface area contributed by atoms with Gasteiger partial charge in [-0.05, 0) is 60.6 Å². The van der Waals surface area contributed by atoms with E-state index in [0.717, 1.165) is 12.8 Å². The predicted octanol–water partition coefficient (Wildman–Crippen LogP) is 3.70. The number of carbonyl (C=O) groups is 2. The van der Waals surface area contributed by atoms with E-state index in [1.807, 2.05) is 22.6 Å². The Bertz CT molecular complexity index is 782. The third-order valence-electron chi connectivity index (χ3n) is 3.54. The summed E-state index contributed by atoms with van der Waals surface area (Å²) in [4.78, 5) is 24.9. The first-order chi connectivity index (χ1) is 11.0. The summed E-state index contributed by atoms with van der Waals surface area (Å²) in [5.41, 5.74) is 0.331. The average molecular weight is 429 g/mol. The maximum atomic E-state index is 13.3. The monoisotopic (exact) mass is 429 g/mol. The van der Waals surface area contributed by atoms with E-state index in [9.17, 15) is 14.0 Å². The molecular formula is C16H13FINO4. The Balaban J connectivity index is 2.07. The number of carbonyl (C=O) groups excluding carboxylic acids is 2. The molecule has 0 atom stereocenters. The molecule has 0 unspecified atom stereocenters. The Morgan fingerprint density at radius 3 is 2.78 bits per heavy atom. The standard InChI is InChI=1S/C16H13FINO4/c1-2-22-16(21)13-12(15(23-19-13)8-3-4-8)14(20)10-6-5-9(17)7-11(10)18/h5-8H,2-4H2,1H3. The molecule has 1 aromatic carbocycles. The first-order valence-electron chi connectivity index (χ1n) is 7.19. The van der Waals surface area contributed by atoms with Crippen molar-refractivity contribution in [2.24, 2.45) is 0 Å². The molecule has 1 heterocycles. The second-order valence-corrected chi connectivity index (χ2v) is 6.38. The van der Waals surface area contributed by atoms with Crippen molar-refractivity contribution in [1.82, 2.24) is 5.16 Å². The van der Waals surface area contributed by atoms with Gasteiger partial charge >= 0.3 is 5.97 Å². The fourth-order valence-electron chi connectivity index (χ4n) is 2.29. The molecule has 0 aliphatic heterocycles. The summed E-state index contributed by atoms with van der Waals surface area (Å²) in [6.45, 7) is 1.84. The predicted molar refractivity (Wildman–Crippen MR) is 87.0 cm³/mol. The number of nitrogens with zero attached hydrogens (tertiary/aromatic N) is 1. The molecule has 0 saturated heterocycles. The minimum Gasteiger partial charge on any atom is -0.461 e. The molecule has 0 N–H and O–H groups in total. The van der Waals surface area contributed by atoms with Crippen molar-refractivity contribution in [1.29, 1.82) is 0 Å². The smallest absolute Gasteiger partial charge is 0.361 e. The molecule has 120 valence electrons. The Morgan fingerprint density at radius 1 is 1.43 bits per heavy atom. The Morgan fingerprint density at radius 2 is 2.17 bits per heavy atom. The molecule has 0 radical (unpaired) electrons. The van der Waals surface area contributed by atoms with Crippen LogP contribution in [0.5, 0.6) is 0 Å². The second-order valence-electron chi connectivity index (χ2n) is 5.22. The quantitative estimate of drug-likeness (QED) is 0.412. The largest absolute Gasteiger partial charge is 0.461 e. The summed E-state index contributed by atoms with van der Waals surface area (Å²) >= 11 is 1.89. The van der Waals surface area contributed by atoms with Crippen LogP contribution in [0.2, 0.25) is 0 Å². The fraction of sp³-hybridized carbons (Fsp3) is 0.312. The van der Waals surface area contributed by atoms with Crippen LogP contribution in [0, 0.1) is 9.39 Å². The van der Waals surface area contributed by atoms with Gasteiger partial charge in [0, 0.05) is 15.1 Å². The van der Waals surface area contributed by atoms with Crippen molar-refractivity contribution in [3.63, 3.8) is 0 Å². The van der Waals surface area contributed by atoms with Crippen LogP contribution in [0.4, 0.5) is 4.39 Å². The van der Waals surface area contributed by atoms with Gasteiger partial charge in [0.15, 0.2) is 11.5 Å². The molecule has 1 fully saturated rings. The van der Waals surface area contributed by atoms with E-state index in [4.69, 9.17) is 9.26 Å². The van der Waals surface area contributed by atoms with E-state index in [-0.39, 0.29) is 23.8 Å². The Kier molecular flexibility index (Phi) is 4.47. The highest BCUT2D eigenvalue weighted by Crippen LogP contribution is 2.43. The first kappa shape index (κ1) is 16.1. The van der Waals surface area contributed by atoms with Crippen LogP contribution in [-0.4, -0.2) is 23.5 Å². The highest BCUT2D eigenvalue weighted by molar-refractivity contribution is 14.1. The van der Waals surface area contributed by atoms with Crippen LogP contribution < -0.4 is 0 Å². The van der Waals surface area contributed by atoms with Gasteiger partial charge in [-0.15, -0.1) is 0 Å². The van der Waals surface area contributed by atoms with Crippen LogP contribution in [0.1, 0.15) is 57.9 Å². The minimum atomic E-state index is -0.691. The molecule has 1 saturated carbocycles. The molecule has 0 amide bonds. The number of halogens is 2. The van der Waals surface area contributed by atoms with E-state index >= 15 is 0 Å². The summed E-state index contributed by atoms with van der Waals surface area (Å²) in [6.07, 6.45) is 1.77. The van der Waals surface area contributed by atoms with Gasteiger partial charge in [0.25, 0.3) is 0 Å². The zero-order valence-electron chi connectivity index (χ0n) is 12.3. The summed E-state index contributed by atoms with van der Waals surface area (Å²) < 4.78 is 23.9. The highest BCUT2D eigenvalue weighted by atomic mass is 127. The number of benzene rings is 1. The van der Waals surface area contributed by atoms with Gasteiger partial charge in [0.2, 0.25) is 5.69 Å². The molecule has 23 heavy (non-hydrogen) atoms. The molecular weight excluding hydrogens is 416 g/mol. The van der Waals surface area contributed by atoms with Crippen molar-refractivity contribution in [2.75, 3.05) is 6.61 Å². The van der Waals surface area contributed by atoms with E-state index in [1.165, 1.54) is 18.2 Å². The lowest BCUT2D eigenvalue weighted by atomic mass is 9.99. The average Bonchev–Trinajstić information content (AvgIpc) is 3.25. The number of esters is 1. The SMILES string of the molecule is CCOC(=O)c1noc(C2CC2)c1C(=O)c1ccc(F)cc1I. The molecule has 0 spiro atoms. The van der Waals surface area contributed by atoms with Gasteiger partial charge < -0.3 is 9.26 Å². The lowest BCUT2D eigenvalue weighted by Gasteiger charge is -2.05. The molecule has 1 aliphatic carbocycles. The Labute approximate surface area is 145 Å². The Hall–Kier alpha value is -1.77. The van der Waals surface area contributed by atoms with E-state index in [1.54, 1.807) is 6.92 Å². The third-order valence-corrected chi connectivity index (χ3v) is 4.43. The molecule has 3 rings (SSSR count). The van der Waals surface area contributed by atoms with Gasteiger partial charge in [-0.3, -0.25) is 4.79 Å². The van der Waals surface area contributed by atoms with Gasteiger partial charge in [0.05, 0.1) is 6.61 Å². The van der Waals surface area contributed by atoms with Crippen molar-refractivity contribution in [2.45, 2.75) is 25.7 Å². The van der Waals surface area contributed by atoms with E-state index in [2.05, 4.69) is 5.16 Å².